The standard InChI is InChI=1S/C16H18FNO3/c1-10(11-6-8-12(17)9-7-11)18-15(19)13-4-2-3-5-14(13)16(20)21/h2-3,6-10,13-14H,4-5H2,1H3,(H,18,19)(H,20,21). The third-order valence-electron chi connectivity index (χ3n) is 3.82. The summed E-state index contributed by atoms with van der Waals surface area (Å²) in [5.41, 5.74) is 0.781. The molecule has 3 unspecified atom stereocenters. The zero-order chi connectivity index (χ0) is 15.4. The van der Waals surface area contributed by atoms with E-state index in [9.17, 15) is 19.1 Å². The van der Waals surface area contributed by atoms with Crippen LogP contribution in [0, 0.1) is 17.7 Å². The van der Waals surface area contributed by atoms with Gasteiger partial charge >= 0.3 is 5.97 Å². The third kappa shape index (κ3) is 3.68. The van der Waals surface area contributed by atoms with Crippen LogP contribution < -0.4 is 5.32 Å². The van der Waals surface area contributed by atoms with Crippen LogP contribution in [0.2, 0.25) is 0 Å². The van der Waals surface area contributed by atoms with Crippen LogP contribution in [-0.4, -0.2) is 17.0 Å². The molecule has 0 radical (unpaired) electrons. The van der Waals surface area contributed by atoms with Gasteiger partial charge in [0.2, 0.25) is 5.91 Å². The lowest BCUT2D eigenvalue weighted by Gasteiger charge is -2.26. The molecule has 21 heavy (non-hydrogen) atoms. The van der Waals surface area contributed by atoms with Crippen molar-refractivity contribution in [1.29, 1.82) is 0 Å². The van der Waals surface area contributed by atoms with Gasteiger partial charge in [0.25, 0.3) is 0 Å². The number of carbonyl (C=O) groups excluding carboxylic acids is 1. The molecule has 0 spiro atoms. The molecule has 2 N–H and O–H groups in total. The van der Waals surface area contributed by atoms with Crippen LogP contribution in [0.4, 0.5) is 4.39 Å². The fourth-order valence-electron chi connectivity index (χ4n) is 2.53. The highest BCUT2D eigenvalue weighted by atomic mass is 19.1. The summed E-state index contributed by atoms with van der Waals surface area (Å²) in [7, 11) is 0. The second-order valence-corrected chi connectivity index (χ2v) is 5.28. The molecule has 4 nitrogen and oxygen atoms in total. The topological polar surface area (TPSA) is 66.4 Å². The van der Waals surface area contributed by atoms with E-state index in [4.69, 9.17) is 0 Å². The van der Waals surface area contributed by atoms with Crippen molar-refractivity contribution in [3.8, 4) is 0 Å². The zero-order valence-electron chi connectivity index (χ0n) is 11.8. The molecule has 1 aliphatic rings. The summed E-state index contributed by atoms with van der Waals surface area (Å²) in [5.74, 6) is -2.80. The predicted molar refractivity (Wildman–Crippen MR) is 75.9 cm³/mol. The lowest BCUT2D eigenvalue weighted by Crippen LogP contribution is -2.39. The van der Waals surface area contributed by atoms with Gasteiger partial charge in [0.05, 0.1) is 17.9 Å². The van der Waals surface area contributed by atoms with Gasteiger partial charge < -0.3 is 10.4 Å². The van der Waals surface area contributed by atoms with E-state index >= 15 is 0 Å². The van der Waals surface area contributed by atoms with Crippen molar-refractivity contribution in [3.05, 3.63) is 47.8 Å². The van der Waals surface area contributed by atoms with Gasteiger partial charge in [-0.2, -0.15) is 0 Å². The Morgan fingerprint density at radius 2 is 1.76 bits per heavy atom. The Morgan fingerprint density at radius 1 is 1.19 bits per heavy atom. The summed E-state index contributed by atoms with van der Waals surface area (Å²) in [6.07, 6.45) is 4.44. The van der Waals surface area contributed by atoms with Gasteiger partial charge in [0.15, 0.2) is 0 Å². The highest BCUT2D eigenvalue weighted by Crippen LogP contribution is 2.27. The predicted octanol–water partition coefficient (Wildman–Crippen LogP) is 2.67. The van der Waals surface area contributed by atoms with Crippen molar-refractivity contribution in [1.82, 2.24) is 5.32 Å². The minimum Gasteiger partial charge on any atom is -0.481 e. The van der Waals surface area contributed by atoms with Crippen LogP contribution in [0.5, 0.6) is 0 Å². The van der Waals surface area contributed by atoms with E-state index < -0.39 is 17.8 Å². The Balaban J connectivity index is 2.04. The molecule has 0 saturated heterocycles. The van der Waals surface area contributed by atoms with E-state index in [0.717, 1.165) is 5.56 Å². The summed E-state index contributed by atoms with van der Waals surface area (Å²) >= 11 is 0. The lowest BCUT2D eigenvalue weighted by atomic mass is 9.82. The van der Waals surface area contributed by atoms with Crippen LogP contribution in [0.1, 0.15) is 31.4 Å². The summed E-state index contributed by atoms with van der Waals surface area (Å²) in [4.78, 5) is 23.5. The largest absolute Gasteiger partial charge is 0.481 e. The molecular weight excluding hydrogens is 273 g/mol. The van der Waals surface area contributed by atoms with Crippen LogP contribution >= 0.6 is 0 Å². The lowest BCUT2D eigenvalue weighted by molar-refractivity contribution is -0.147. The maximum atomic E-state index is 12.9. The smallest absolute Gasteiger partial charge is 0.307 e. The fourth-order valence-corrected chi connectivity index (χ4v) is 2.53. The molecule has 0 saturated carbocycles. The second-order valence-electron chi connectivity index (χ2n) is 5.28. The van der Waals surface area contributed by atoms with Gasteiger partial charge in [0.1, 0.15) is 5.82 Å². The van der Waals surface area contributed by atoms with Crippen molar-refractivity contribution < 1.29 is 19.1 Å². The number of carboxylic acid groups (broad SMARTS) is 1. The first kappa shape index (κ1) is 15.2. The minimum atomic E-state index is -0.950. The summed E-state index contributed by atoms with van der Waals surface area (Å²) in [6, 6.07) is 5.59. The quantitative estimate of drug-likeness (QED) is 0.838. The van der Waals surface area contributed by atoms with E-state index in [0.29, 0.717) is 12.8 Å². The third-order valence-corrected chi connectivity index (χ3v) is 3.82. The molecule has 0 aliphatic heterocycles. The van der Waals surface area contributed by atoms with Crippen molar-refractivity contribution in [2.45, 2.75) is 25.8 Å². The number of rotatable bonds is 4. The Bertz CT molecular complexity index is 553. The number of benzene rings is 1. The van der Waals surface area contributed by atoms with Gasteiger partial charge in [-0.15, -0.1) is 0 Å². The molecule has 0 bridgehead atoms. The van der Waals surface area contributed by atoms with Crippen molar-refractivity contribution >= 4 is 11.9 Å². The molecule has 1 aliphatic carbocycles. The van der Waals surface area contributed by atoms with Crippen molar-refractivity contribution in [3.63, 3.8) is 0 Å². The number of allylic oxidation sites excluding steroid dienone is 2. The maximum Gasteiger partial charge on any atom is 0.307 e. The summed E-state index contributed by atoms with van der Waals surface area (Å²) in [6.45, 7) is 1.79. The summed E-state index contributed by atoms with van der Waals surface area (Å²) in [5, 5.41) is 12.0. The number of aliphatic carboxylic acids is 1. The molecule has 5 heteroatoms. The van der Waals surface area contributed by atoms with Crippen LogP contribution in [-0.2, 0) is 9.59 Å². The Labute approximate surface area is 122 Å². The van der Waals surface area contributed by atoms with Gasteiger partial charge in [-0.3, -0.25) is 9.59 Å². The number of halogens is 1. The van der Waals surface area contributed by atoms with Gasteiger partial charge in [0, 0.05) is 0 Å². The van der Waals surface area contributed by atoms with E-state index in [1.165, 1.54) is 12.1 Å². The molecule has 112 valence electrons. The number of hydrogen-bond donors (Lipinski definition) is 2. The van der Waals surface area contributed by atoms with E-state index in [1.807, 2.05) is 6.08 Å². The van der Waals surface area contributed by atoms with Crippen LogP contribution in [0.15, 0.2) is 36.4 Å². The number of hydrogen-bond acceptors (Lipinski definition) is 2. The number of carbonyl (C=O) groups is 2. The number of carboxylic acids is 1. The Morgan fingerprint density at radius 3 is 2.33 bits per heavy atom. The Hall–Kier alpha value is -2.17. The summed E-state index contributed by atoms with van der Waals surface area (Å²) < 4.78 is 12.9. The van der Waals surface area contributed by atoms with Crippen LogP contribution in [0.3, 0.4) is 0 Å². The molecule has 0 heterocycles. The normalized spacial score (nSPS) is 22.6. The van der Waals surface area contributed by atoms with Crippen molar-refractivity contribution in [2.75, 3.05) is 0 Å². The number of nitrogens with one attached hydrogen (secondary N) is 1. The SMILES string of the molecule is CC(NC(=O)C1CC=CCC1C(=O)O)c1ccc(F)cc1. The first-order valence-electron chi connectivity index (χ1n) is 6.92. The highest BCUT2D eigenvalue weighted by molar-refractivity contribution is 5.85. The van der Waals surface area contributed by atoms with Gasteiger partial charge in [-0.1, -0.05) is 24.3 Å². The molecule has 1 aromatic carbocycles. The molecule has 0 aromatic heterocycles. The average molecular weight is 291 g/mol. The van der Waals surface area contributed by atoms with Gasteiger partial charge in [-0.05, 0) is 37.5 Å². The van der Waals surface area contributed by atoms with Crippen LogP contribution in [0.25, 0.3) is 0 Å². The van der Waals surface area contributed by atoms with E-state index in [2.05, 4.69) is 5.32 Å². The molecule has 1 amide bonds. The Kier molecular flexibility index (Phi) is 4.73. The van der Waals surface area contributed by atoms with E-state index in [1.54, 1.807) is 25.1 Å². The monoisotopic (exact) mass is 291 g/mol. The second kappa shape index (κ2) is 6.52. The number of amides is 1. The average Bonchev–Trinajstić information content (AvgIpc) is 2.47. The first-order valence-corrected chi connectivity index (χ1v) is 6.92. The molecule has 0 fully saturated rings. The molecule has 1 aromatic rings. The molecule has 2 rings (SSSR count). The fraction of sp³-hybridized carbons (Fsp3) is 0.375. The minimum absolute atomic E-state index is 0.274. The van der Waals surface area contributed by atoms with E-state index in [-0.39, 0.29) is 17.8 Å². The maximum absolute atomic E-state index is 12.9. The van der Waals surface area contributed by atoms with Crippen molar-refractivity contribution in [2.24, 2.45) is 11.8 Å². The zero-order valence-corrected chi connectivity index (χ0v) is 11.8. The first-order chi connectivity index (χ1) is 9.99. The molecular formula is C16H18FNO3. The molecule has 3 atom stereocenters. The highest BCUT2D eigenvalue weighted by Gasteiger charge is 2.34. The van der Waals surface area contributed by atoms with Gasteiger partial charge in [-0.25, -0.2) is 4.39 Å².